The lowest BCUT2D eigenvalue weighted by atomic mass is 9.81. The van der Waals surface area contributed by atoms with Crippen LogP contribution in [-0.2, 0) is 36.8 Å². The van der Waals surface area contributed by atoms with Gasteiger partial charge < -0.3 is 24.2 Å². The molecule has 2 aliphatic rings. The number of rotatable bonds is 22. The van der Waals surface area contributed by atoms with Crippen molar-refractivity contribution in [1.29, 1.82) is 5.26 Å². The van der Waals surface area contributed by atoms with Crippen molar-refractivity contribution < 1.29 is 55.0 Å². The number of allylic oxidation sites excluding steroid dienone is 2. The molecule has 0 unspecified atom stereocenters. The molecule has 4 amide bonds. The van der Waals surface area contributed by atoms with E-state index in [9.17, 15) is 50.8 Å². The number of alkyl halides is 6. The molecule has 0 saturated carbocycles. The number of ether oxygens (including phenoxy) is 2. The number of hydrogen-bond acceptors (Lipinski definition) is 8. The van der Waals surface area contributed by atoms with E-state index in [0.29, 0.717) is 61.9 Å². The van der Waals surface area contributed by atoms with E-state index in [4.69, 9.17) is 9.47 Å². The molecule has 12 nitrogen and oxygen atoms in total. The fourth-order valence-corrected chi connectivity index (χ4v) is 9.90. The molecule has 0 bridgehead atoms. The Balaban J connectivity index is 1.15. The maximum atomic E-state index is 14.8. The molecule has 0 fully saturated rings. The largest absolute Gasteiger partial charge is 0.463 e. The van der Waals surface area contributed by atoms with E-state index < -0.39 is 59.6 Å². The Morgan fingerprint density at radius 1 is 0.597 bits per heavy atom. The van der Waals surface area contributed by atoms with Crippen molar-refractivity contribution in [3.8, 4) is 6.07 Å². The number of nitrogens with zero attached hydrogens (tertiary/aromatic N) is 6. The molecule has 4 aromatic carbocycles. The predicted octanol–water partition coefficient (Wildman–Crippen LogP) is 13.9. The van der Waals surface area contributed by atoms with Crippen molar-refractivity contribution in [2.45, 2.75) is 123 Å². The van der Waals surface area contributed by atoms with E-state index in [1.54, 1.807) is 49.9 Å². The highest BCUT2D eigenvalue weighted by Gasteiger charge is 2.45. The minimum atomic E-state index is -4.69. The van der Waals surface area contributed by atoms with E-state index >= 15 is 0 Å². The molecule has 77 heavy (non-hydrogen) atoms. The Labute approximate surface area is 447 Å². The summed E-state index contributed by atoms with van der Waals surface area (Å²) in [5, 5.41) is 9.50. The first-order valence-electron chi connectivity index (χ1n) is 26.1. The third-order valence-electron chi connectivity index (χ3n) is 14.5. The second-order valence-corrected chi connectivity index (χ2v) is 20.0. The highest BCUT2D eigenvalue weighted by atomic mass is 19.4. The summed E-state index contributed by atoms with van der Waals surface area (Å²) >= 11 is 0. The second-order valence-electron chi connectivity index (χ2n) is 20.0. The van der Waals surface area contributed by atoms with Crippen LogP contribution in [0.4, 0.5) is 47.3 Å². The molecule has 18 heteroatoms. The van der Waals surface area contributed by atoms with Crippen LogP contribution < -0.4 is 9.80 Å². The summed E-state index contributed by atoms with van der Waals surface area (Å²) in [4.78, 5) is 64.5. The molecule has 0 N–H and O–H groups in total. The van der Waals surface area contributed by atoms with Crippen molar-refractivity contribution in [3.63, 3.8) is 0 Å². The number of carbonyl (C=O) groups excluding carboxylic acids is 4. The van der Waals surface area contributed by atoms with E-state index in [0.717, 1.165) is 52.5 Å². The summed E-state index contributed by atoms with van der Waals surface area (Å²) in [6.45, 7) is 14.4. The molecule has 0 spiro atoms. The minimum absolute atomic E-state index is 0.00663. The van der Waals surface area contributed by atoms with Crippen LogP contribution >= 0.6 is 0 Å². The maximum absolute atomic E-state index is 14.8. The molecular weight excluding hydrogens is 1000 g/mol. The first kappa shape index (κ1) is 59.1. The molecular formula is C59H68F6N6O6. The summed E-state index contributed by atoms with van der Waals surface area (Å²) in [6.07, 6.45) is -4.78. The van der Waals surface area contributed by atoms with Gasteiger partial charge in [-0.2, -0.15) is 31.6 Å². The Morgan fingerprint density at radius 2 is 1.00 bits per heavy atom. The zero-order valence-corrected chi connectivity index (χ0v) is 45.0. The average Bonchev–Trinajstić information content (AvgIpc) is 3.43. The van der Waals surface area contributed by atoms with Gasteiger partial charge >= 0.3 is 36.4 Å². The minimum Gasteiger partial charge on any atom is -0.463 e. The Bertz CT molecular complexity index is 2860. The number of benzene rings is 4. The zero-order chi connectivity index (χ0) is 56.4. The maximum Gasteiger partial charge on any atom is 0.416 e. The quantitative estimate of drug-likeness (QED) is 0.0433. The summed E-state index contributed by atoms with van der Waals surface area (Å²) in [5.74, 6) is -1.41. The molecule has 2 heterocycles. The Hall–Kier alpha value is -7.13. The zero-order valence-electron chi connectivity index (χ0n) is 45.0. The summed E-state index contributed by atoms with van der Waals surface area (Å²) in [7, 11) is 1.97. The number of carbonyl (C=O) groups is 4. The van der Waals surface area contributed by atoms with E-state index in [1.807, 2.05) is 31.3 Å². The second kappa shape index (κ2) is 25.3. The van der Waals surface area contributed by atoms with Gasteiger partial charge in [-0.05, 0) is 151 Å². The number of urea groups is 2. The number of amides is 4. The lowest BCUT2D eigenvalue weighted by molar-refractivity contribution is -0.140. The molecule has 0 saturated heterocycles. The van der Waals surface area contributed by atoms with Gasteiger partial charge in [-0.25, -0.2) is 19.2 Å². The molecule has 2 atom stereocenters. The molecule has 4 aromatic rings. The average molecular weight is 1070 g/mol. The van der Waals surface area contributed by atoms with Gasteiger partial charge in [0.2, 0.25) is 0 Å². The van der Waals surface area contributed by atoms with Crippen LogP contribution in [0.2, 0.25) is 0 Å². The van der Waals surface area contributed by atoms with Crippen molar-refractivity contribution in [3.05, 3.63) is 153 Å². The SMILES string of the molecule is CCOC(=O)C1=C(C)N(c2cccc(C(F)(F)F)c2)C(=O)N(CCCCCN(C)CCCCCN2C(=O)N(c3cccc(C(F)(F)F)c3)C(C)=C(C(=O)OCC)[C@H]2c2ccc(C(C)(C)CC)cc2)[C@@H]1c1ccc(C#N)cc1. The highest BCUT2D eigenvalue weighted by Crippen LogP contribution is 2.44. The van der Waals surface area contributed by atoms with Crippen LogP contribution in [0.25, 0.3) is 0 Å². The first-order chi connectivity index (χ1) is 36.5. The van der Waals surface area contributed by atoms with Crippen LogP contribution in [-0.4, -0.2) is 85.1 Å². The molecule has 0 radical (unpaired) electrons. The fraction of sp³-hybridized carbons (Fsp3) is 0.441. The van der Waals surface area contributed by atoms with Crippen molar-refractivity contribution in [2.75, 3.05) is 56.2 Å². The lowest BCUT2D eigenvalue weighted by Crippen LogP contribution is -2.51. The van der Waals surface area contributed by atoms with Crippen LogP contribution in [0.5, 0.6) is 0 Å². The lowest BCUT2D eigenvalue weighted by Gasteiger charge is -2.43. The highest BCUT2D eigenvalue weighted by molar-refractivity contribution is 6.04. The number of hydrogen-bond donors (Lipinski definition) is 0. The van der Waals surface area contributed by atoms with Gasteiger partial charge in [-0.1, -0.05) is 82.1 Å². The van der Waals surface area contributed by atoms with Crippen LogP contribution in [0.1, 0.15) is 139 Å². The smallest absolute Gasteiger partial charge is 0.416 e. The molecule has 0 aliphatic carbocycles. The number of anilines is 2. The van der Waals surface area contributed by atoms with Gasteiger partial charge in [0.1, 0.15) is 0 Å². The topological polar surface area (TPSA) is 127 Å². The van der Waals surface area contributed by atoms with Crippen molar-refractivity contribution >= 4 is 35.4 Å². The monoisotopic (exact) mass is 1070 g/mol. The summed E-state index contributed by atoms with van der Waals surface area (Å²) in [6, 6.07) is 22.0. The van der Waals surface area contributed by atoms with Gasteiger partial charge in [0.15, 0.2) is 0 Å². The molecule has 2 aliphatic heterocycles. The Kier molecular flexibility index (Phi) is 19.5. The molecule has 6 rings (SSSR count). The first-order valence-corrected chi connectivity index (χ1v) is 26.1. The van der Waals surface area contributed by atoms with E-state index in [1.165, 1.54) is 36.1 Å². The number of unbranched alkanes of at least 4 members (excludes halogenated alkanes) is 4. The number of esters is 2. The predicted molar refractivity (Wildman–Crippen MR) is 282 cm³/mol. The van der Waals surface area contributed by atoms with Gasteiger partial charge in [0.25, 0.3) is 0 Å². The third-order valence-corrected chi connectivity index (χ3v) is 14.5. The number of halogens is 6. The van der Waals surface area contributed by atoms with E-state index in [2.05, 4.69) is 31.7 Å². The summed E-state index contributed by atoms with van der Waals surface area (Å²) in [5.41, 5.74) is 0.987. The van der Waals surface area contributed by atoms with Crippen LogP contribution in [0, 0.1) is 11.3 Å². The standard InChI is InChI=1S/C59H68F6N6O6/c1-9-57(6,7)44-30-28-43(29-31-44)52-50(54(73)77-11-3)40(5)71(48-23-19-21-46(37-48)59(63,64)65)56(75)69(52)35-17-13-15-33-67(8)32-14-12-16-34-68-51(42-26-24-41(38-66)25-27-42)49(53(72)76-10-2)39(4)70(55(68)74)47-22-18-20-45(36-47)58(60,61)62/h18-31,36-37,51-52H,9-17,32-35H2,1-8H3/t51-,52-/m1/s1. The van der Waals surface area contributed by atoms with Gasteiger partial charge in [0.05, 0.1) is 70.6 Å². The molecule has 0 aromatic heterocycles. The Morgan fingerprint density at radius 3 is 1.36 bits per heavy atom. The fourth-order valence-electron chi connectivity index (χ4n) is 9.90. The molecule has 412 valence electrons. The normalized spacial score (nSPS) is 16.6. The van der Waals surface area contributed by atoms with Gasteiger partial charge in [0, 0.05) is 24.5 Å². The summed E-state index contributed by atoms with van der Waals surface area (Å²) < 4.78 is 94.8. The van der Waals surface area contributed by atoms with Gasteiger partial charge in [-0.15, -0.1) is 0 Å². The van der Waals surface area contributed by atoms with Crippen LogP contribution in [0.15, 0.2) is 120 Å². The van der Waals surface area contributed by atoms with Crippen molar-refractivity contribution in [2.24, 2.45) is 0 Å². The van der Waals surface area contributed by atoms with Crippen molar-refractivity contribution in [1.82, 2.24) is 14.7 Å². The number of nitriles is 1. The van der Waals surface area contributed by atoms with Crippen LogP contribution in [0.3, 0.4) is 0 Å². The third kappa shape index (κ3) is 13.7. The van der Waals surface area contributed by atoms with E-state index in [-0.39, 0.29) is 65.6 Å². The van der Waals surface area contributed by atoms with Gasteiger partial charge in [-0.3, -0.25) is 9.80 Å².